The van der Waals surface area contributed by atoms with Crippen LogP contribution < -0.4 is 4.72 Å². The van der Waals surface area contributed by atoms with E-state index in [4.69, 9.17) is 11.6 Å². The standard InChI is InChI=1S/C8H11ClN2O2S2/c1-2-5-3-6(5)11-15(12,13)7-4-10-8(9)14-7/h4-6,11H,2-3H2,1H3. The lowest BCUT2D eigenvalue weighted by Gasteiger charge is -2.02. The minimum Gasteiger partial charge on any atom is -0.232 e. The number of hydrogen-bond donors (Lipinski definition) is 1. The largest absolute Gasteiger partial charge is 0.251 e. The normalized spacial score (nSPS) is 25.5. The SMILES string of the molecule is CCC1CC1NS(=O)(=O)c1cnc(Cl)s1. The highest BCUT2D eigenvalue weighted by Crippen LogP contribution is 2.35. The molecule has 1 N–H and O–H groups in total. The van der Waals surface area contributed by atoms with Crippen LogP contribution in [0, 0.1) is 5.92 Å². The minimum atomic E-state index is -3.40. The summed E-state index contributed by atoms with van der Waals surface area (Å²) in [7, 11) is -3.40. The van der Waals surface area contributed by atoms with E-state index < -0.39 is 10.0 Å². The fourth-order valence-electron chi connectivity index (χ4n) is 1.46. The molecule has 1 aromatic heterocycles. The number of nitrogens with one attached hydrogen (secondary N) is 1. The van der Waals surface area contributed by atoms with Crippen molar-refractivity contribution in [1.29, 1.82) is 0 Å². The third-order valence-corrected chi connectivity index (χ3v) is 5.54. The monoisotopic (exact) mass is 266 g/mol. The van der Waals surface area contributed by atoms with Gasteiger partial charge in [-0.1, -0.05) is 36.3 Å². The van der Waals surface area contributed by atoms with Crippen molar-refractivity contribution in [2.45, 2.75) is 30.0 Å². The van der Waals surface area contributed by atoms with Gasteiger partial charge in [-0.3, -0.25) is 0 Å². The molecule has 1 aliphatic carbocycles. The maximum absolute atomic E-state index is 11.8. The van der Waals surface area contributed by atoms with Crippen LogP contribution in [0.15, 0.2) is 10.4 Å². The summed E-state index contributed by atoms with van der Waals surface area (Å²) >= 11 is 6.57. The van der Waals surface area contributed by atoms with Crippen molar-refractivity contribution in [2.24, 2.45) is 5.92 Å². The van der Waals surface area contributed by atoms with E-state index in [1.165, 1.54) is 6.20 Å². The van der Waals surface area contributed by atoms with E-state index in [1.807, 2.05) is 0 Å². The van der Waals surface area contributed by atoms with Crippen LogP contribution in [0.2, 0.25) is 4.47 Å². The van der Waals surface area contributed by atoms with Crippen LogP contribution in [-0.2, 0) is 10.0 Å². The molecule has 1 fully saturated rings. The molecule has 0 spiro atoms. The van der Waals surface area contributed by atoms with Crippen molar-refractivity contribution in [1.82, 2.24) is 9.71 Å². The zero-order valence-electron chi connectivity index (χ0n) is 8.10. The van der Waals surface area contributed by atoms with E-state index in [9.17, 15) is 8.42 Å². The van der Waals surface area contributed by atoms with Crippen LogP contribution in [0.4, 0.5) is 0 Å². The molecule has 1 aromatic rings. The molecule has 0 bridgehead atoms. The number of nitrogens with zero attached hydrogens (tertiary/aromatic N) is 1. The quantitative estimate of drug-likeness (QED) is 0.905. The Balaban J connectivity index is 2.08. The zero-order chi connectivity index (χ0) is 11.1. The van der Waals surface area contributed by atoms with E-state index in [0.29, 0.717) is 5.92 Å². The maximum atomic E-state index is 11.8. The molecule has 4 nitrogen and oxygen atoms in total. The molecule has 1 heterocycles. The second kappa shape index (κ2) is 4.01. The molecule has 0 aliphatic heterocycles. The number of halogens is 1. The summed E-state index contributed by atoms with van der Waals surface area (Å²) in [5.41, 5.74) is 0. The molecule has 1 saturated carbocycles. The first kappa shape index (κ1) is 11.3. The van der Waals surface area contributed by atoms with E-state index in [2.05, 4.69) is 16.6 Å². The van der Waals surface area contributed by atoms with Gasteiger partial charge in [-0.15, -0.1) is 0 Å². The second-order valence-electron chi connectivity index (χ2n) is 3.56. The van der Waals surface area contributed by atoms with Gasteiger partial charge in [0.15, 0.2) is 8.68 Å². The first-order chi connectivity index (χ1) is 7.03. The molecular formula is C8H11ClN2O2S2. The Morgan fingerprint density at radius 2 is 2.47 bits per heavy atom. The summed E-state index contributed by atoms with van der Waals surface area (Å²) in [4.78, 5) is 3.71. The van der Waals surface area contributed by atoms with Gasteiger partial charge in [0.25, 0.3) is 10.0 Å². The molecule has 0 amide bonds. The van der Waals surface area contributed by atoms with Gasteiger partial charge in [0, 0.05) is 6.04 Å². The smallest absolute Gasteiger partial charge is 0.232 e. The van der Waals surface area contributed by atoms with Gasteiger partial charge in [0.1, 0.15) is 0 Å². The third kappa shape index (κ3) is 2.50. The van der Waals surface area contributed by atoms with Crippen LogP contribution in [-0.4, -0.2) is 19.4 Å². The summed E-state index contributed by atoms with van der Waals surface area (Å²) in [5, 5.41) is 0. The Hall–Kier alpha value is -0.170. The topological polar surface area (TPSA) is 59.1 Å². The van der Waals surface area contributed by atoms with Crippen molar-refractivity contribution in [3.63, 3.8) is 0 Å². The van der Waals surface area contributed by atoms with Crippen molar-refractivity contribution in [2.75, 3.05) is 0 Å². The van der Waals surface area contributed by atoms with Gasteiger partial charge in [-0.2, -0.15) is 0 Å². The zero-order valence-corrected chi connectivity index (χ0v) is 10.5. The summed E-state index contributed by atoms with van der Waals surface area (Å²) in [5.74, 6) is 0.489. The van der Waals surface area contributed by atoms with E-state index in [0.717, 1.165) is 24.2 Å². The molecule has 2 unspecified atom stereocenters. The Bertz CT molecular complexity index is 457. The summed E-state index contributed by atoms with van der Waals surface area (Å²) in [6.07, 6.45) is 3.23. The molecule has 0 radical (unpaired) electrons. The van der Waals surface area contributed by atoms with Crippen LogP contribution >= 0.6 is 22.9 Å². The Morgan fingerprint density at radius 1 is 1.73 bits per heavy atom. The van der Waals surface area contributed by atoms with E-state index >= 15 is 0 Å². The highest BCUT2D eigenvalue weighted by Gasteiger charge is 2.39. The molecule has 15 heavy (non-hydrogen) atoms. The van der Waals surface area contributed by atoms with Gasteiger partial charge in [0.05, 0.1) is 6.20 Å². The number of hydrogen-bond acceptors (Lipinski definition) is 4. The molecule has 0 saturated heterocycles. The first-order valence-corrected chi connectivity index (χ1v) is 7.34. The second-order valence-corrected chi connectivity index (χ2v) is 7.12. The predicted octanol–water partition coefficient (Wildman–Crippen LogP) is 1.87. The van der Waals surface area contributed by atoms with Crippen LogP contribution in [0.25, 0.3) is 0 Å². The fourth-order valence-corrected chi connectivity index (χ4v) is 4.09. The highest BCUT2D eigenvalue weighted by atomic mass is 35.5. The van der Waals surface area contributed by atoms with Gasteiger partial charge in [0.2, 0.25) is 0 Å². The molecule has 2 rings (SSSR count). The van der Waals surface area contributed by atoms with Crippen LogP contribution in [0.3, 0.4) is 0 Å². The predicted molar refractivity (Wildman–Crippen MR) is 59.6 cm³/mol. The summed E-state index contributed by atoms with van der Waals surface area (Å²) in [6, 6.07) is 0.0980. The number of rotatable bonds is 4. The average molecular weight is 267 g/mol. The highest BCUT2D eigenvalue weighted by molar-refractivity contribution is 7.91. The van der Waals surface area contributed by atoms with Gasteiger partial charge >= 0.3 is 0 Å². The summed E-state index contributed by atoms with van der Waals surface area (Å²) < 4.78 is 26.6. The molecule has 2 atom stereocenters. The lowest BCUT2D eigenvalue weighted by molar-refractivity contribution is 0.578. The lowest BCUT2D eigenvalue weighted by atomic mass is 10.3. The number of thiazole rings is 1. The van der Waals surface area contributed by atoms with Crippen molar-refractivity contribution in [3.8, 4) is 0 Å². The van der Waals surface area contributed by atoms with Crippen molar-refractivity contribution in [3.05, 3.63) is 10.7 Å². The van der Waals surface area contributed by atoms with Crippen LogP contribution in [0.1, 0.15) is 19.8 Å². The molecule has 84 valence electrons. The fraction of sp³-hybridized carbons (Fsp3) is 0.625. The third-order valence-electron chi connectivity index (χ3n) is 2.47. The number of aromatic nitrogens is 1. The lowest BCUT2D eigenvalue weighted by Crippen LogP contribution is -2.26. The van der Waals surface area contributed by atoms with E-state index in [1.54, 1.807) is 0 Å². The maximum Gasteiger partial charge on any atom is 0.251 e. The van der Waals surface area contributed by atoms with E-state index in [-0.39, 0.29) is 14.7 Å². The molecule has 7 heteroatoms. The molecule has 1 aliphatic rings. The Labute approximate surface area is 97.7 Å². The van der Waals surface area contributed by atoms with Crippen molar-refractivity contribution < 1.29 is 8.42 Å². The first-order valence-electron chi connectivity index (χ1n) is 4.66. The minimum absolute atomic E-state index is 0.0980. The summed E-state index contributed by atoms with van der Waals surface area (Å²) in [6.45, 7) is 2.06. The van der Waals surface area contributed by atoms with Gasteiger partial charge in [-0.05, 0) is 12.3 Å². The Morgan fingerprint density at radius 3 is 2.93 bits per heavy atom. The number of sulfonamides is 1. The molecular weight excluding hydrogens is 256 g/mol. The Kier molecular flexibility index (Phi) is 3.03. The van der Waals surface area contributed by atoms with Gasteiger partial charge in [-0.25, -0.2) is 18.1 Å². The molecule has 0 aromatic carbocycles. The van der Waals surface area contributed by atoms with Crippen molar-refractivity contribution >= 4 is 33.0 Å². The van der Waals surface area contributed by atoms with Gasteiger partial charge < -0.3 is 0 Å². The average Bonchev–Trinajstić information content (AvgIpc) is 2.74. The van der Waals surface area contributed by atoms with Crippen LogP contribution in [0.5, 0.6) is 0 Å².